The lowest BCUT2D eigenvalue weighted by Gasteiger charge is -2.24. The fourth-order valence-electron chi connectivity index (χ4n) is 2.22. The summed E-state index contributed by atoms with van der Waals surface area (Å²) in [5, 5.41) is 11.2. The molecule has 138 valence electrons. The van der Waals surface area contributed by atoms with Crippen molar-refractivity contribution in [3.63, 3.8) is 0 Å². The van der Waals surface area contributed by atoms with Gasteiger partial charge in [-0.1, -0.05) is 24.3 Å². The second-order valence-corrected chi connectivity index (χ2v) is 7.99. The predicted octanol–water partition coefficient (Wildman–Crippen LogP) is 2.96. The Kier molecular flexibility index (Phi) is 6.53. The number of anilines is 1. The number of esters is 1. The third kappa shape index (κ3) is 4.30. The summed E-state index contributed by atoms with van der Waals surface area (Å²) in [6.45, 7) is 1.09. The molecule has 0 aliphatic heterocycles. The van der Waals surface area contributed by atoms with Crippen molar-refractivity contribution in [2.45, 2.75) is 11.8 Å². The summed E-state index contributed by atoms with van der Waals surface area (Å²) in [7, 11) is -4.38. The molecule has 2 aromatic rings. The molecule has 26 heavy (non-hydrogen) atoms. The molecule has 2 aromatic carbocycles. The molecule has 0 heterocycles. The molecular formula is C16H15IN2O6S. The van der Waals surface area contributed by atoms with Crippen LogP contribution in [0.3, 0.4) is 0 Å². The van der Waals surface area contributed by atoms with Crippen molar-refractivity contribution in [1.82, 2.24) is 0 Å². The molecule has 0 bridgehead atoms. The Morgan fingerprint density at radius 1 is 1.19 bits per heavy atom. The molecule has 0 unspecified atom stereocenters. The second-order valence-electron chi connectivity index (χ2n) is 4.99. The van der Waals surface area contributed by atoms with E-state index in [1.165, 1.54) is 18.2 Å². The van der Waals surface area contributed by atoms with E-state index in [1.807, 2.05) is 22.6 Å². The summed E-state index contributed by atoms with van der Waals surface area (Å²) < 4.78 is 32.6. The number of nitro benzene ring substituents is 1. The van der Waals surface area contributed by atoms with Crippen molar-refractivity contribution in [3.05, 3.63) is 62.2 Å². The number of sulfonamides is 1. The summed E-state index contributed by atoms with van der Waals surface area (Å²) >= 11 is 1.93. The van der Waals surface area contributed by atoms with Crippen LogP contribution in [0.2, 0.25) is 0 Å². The molecule has 0 aliphatic carbocycles. The largest absolute Gasteiger partial charge is 0.465 e. The number of hydrogen-bond acceptors (Lipinski definition) is 6. The molecule has 10 heteroatoms. The van der Waals surface area contributed by atoms with E-state index >= 15 is 0 Å². The van der Waals surface area contributed by atoms with Crippen molar-refractivity contribution in [1.29, 1.82) is 0 Å². The van der Waals surface area contributed by atoms with E-state index in [9.17, 15) is 23.3 Å². The van der Waals surface area contributed by atoms with Gasteiger partial charge in [-0.3, -0.25) is 19.2 Å². The lowest BCUT2D eigenvalue weighted by molar-refractivity contribution is -0.387. The number of ether oxygens (including phenoxy) is 1. The van der Waals surface area contributed by atoms with Crippen LogP contribution in [0.1, 0.15) is 6.92 Å². The van der Waals surface area contributed by atoms with Gasteiger partial charge in [0.25, 0.3) is 15.7 Å². The molecular weight excluding hydrogens is 475 g/mol. The van der Waals surface area contributed by atoms with E-state index in [1.54, 1.807) is 25.1 Å². The Bertz CT molecular complexity index is 932. The first-order valence-electron chi connectivity index (χ1n) is 7.45. The van der Waals surface area contributed by atoms with Gasteiger partial charge in [-0.05, 0) is 47.7 Å². The standard InChI is InChI=1S/C16H15IN2O6S/c1-2-25-16(20)11-18(13-8-4-3-7-12(13)17)26(23,24)15-10-6-5-9-14(15)19(21)22/h3-10H,2,11H2,1H3. The molecule has 0 aromatic heterocycles. The van der Waals surface area contributed by atoms with E-state index < -0.39 is 38.0 Å². The van der Waals surface area contributed by atoms with E-state index in [-0.39, 0.29) is 12.3 Å². The zero-order valence-electron chi connectivity index (χ0n) is 13.7. The minimum absolute atomic E-state index is 0.0874. The van der Waals surface area contributed by atoms with Crippen LogP contribution in [0.25, 0.3) is 0 Å². The number of nitrogens with zero attached hydrogens (tertiary/aromatic N) is 2. The van der Waals surface area contributed by atoms with Crippen LogP contribution in [0.15, 0.2) is 53.4 Å². The fraction of sp³-hybridized carbons (Fsp3) is 0.188. The van der Waals surface area contributed by atoms with Gasteiger partial charge in [0.05, 0.1) is 17.2 Å². The number of benzene rings is 2. The average molecular weight is 490 g/mol. The van der Waals surface area contributed by atoms with Gasteiger partial charge in [0.1, 0.15) is 6.54 Å². The Balaban J connectivity index is 2.63. The molecule has 0 atom stereocenters. The highest BCUT2D eigenvalue weighted by molar-refractivity contribution is 14.1. The Morgan fingerprint density at radius 3 is 2.42 bits per heavy atom. The van der Waals surface area contributed by atoms with E-state index in [0.29, 0.717) is 3.57 Å². The SMILES string of the molecule is CCOC(=O)CN(c1ccccc1I)S(=O)(=O)c1ccccc1[N+](=O)[O-]. The number of para-hydroxylation sites is 2. The van der Waals surface area contributed by atoms with Crippen LogP contribution >= 0.6 is 22.6 Å². The minimum atomic E-state index is -4.38. The molecule has 0 saturated heterocycles. The Morgan fingerprint density at radius 2 is 1.81 bits per heavy atom. The van der Waals surface area contributed by atoms with Crippen LogP contribution in [-0.2, 0) is 19.6 Å². The molecule has 0 saturated carbocycles. The van der Waals surface area contributed by atoms with Crippen LogP contribution in [0.4, 0.5) is 11.4 Å². The molecule has 0 amide bonds. The smallest absolute Gasteiger partial charge is 0.326 e. The van der Waals surface area contributed by atoms with Gasteiger partial charge < -0.3 is 4.74 Å². The fourth-order valence-corrected chi connectivity index (χ4v) is 4.65. The lowest BCUT2D eigenvalue weighted by atomic mass is 10.3. The van der Waals surface area contributed by atoms with Gasteiger partial charge >= 0.3 is 5.97 Å². The Labute approximate surface area is 164 Å². The Hall–Kier alpha value is -2.21. The van der Waals surface area contributed by atoms with Gasteiger partial charge in [0, 0.05) is 9.64 Å². The second kappa shape index (κ2) is 8.45. The maximum absolute atomic E-state index is 13.2. The number of carbonyl (C=O) groups excluding carboxylic acids is 1. The third-order valence-electron chi connectivity index (χ3n) is 3.33. The number of halogens is 1. The van der Waals surface area contributed by atoms with Crippen LogP contribution in [0.5, 0.6) is 0 Å². The van der Waals surface area contributed by atoms with Gasteiger partial charge in [0.2, 0.25) is 0 Å². The van der Waals surface area contributed by atoms with Gasteiger partial charge in [-0.25, -0.2) is 8.42 Å². The van der Waals surface area contributed by atoms with Gasteiger partial charge in [0.15, 0.2) is 4.90 Å². The summed E-state index contributed by atoms with van der Waals surface area (Å²) in [6.07, 6.45) is 0. The minimum Gasteiger partial charge on any atom is -0.465 e. The van der Waals surface area contributed by atoms with E-state index in [2.05, 4.69) is 0 Å². The number of carbonyl (C=O) groups is 1. The van der Waals surface area contributed by atoms with Crippen molar-refractivity contribution in [2.24, 2.45) is 0 Å². The number of hydrogen-bond donors (Lipinski definition) is 0. The summed E-state index contributed by atoms with van der Waals surface area (Å²) in [6, 6.07) is 11.5. The van der Waals surface area contributed by atoms with Crippen LogP contribution in [0, 0.1) is 13.7 Å². The zero-order valence-corrected chi connectivity index (χ0v) is 16.6. The van der Waals surface area contributed by atoms with Crippen molar-refractivity contribution in [3.8, 4) is 0 Å². The van der Waals surface area contributed by atoms with Gasteiger partial charge in [-0.15, -0.1) is 0 Å². The molecule has 0 fully saturated rings. The first kappa shape index (κ1) is 20.1. The quantitative estimate of drug-likeness (QED) is 0.256. The zero-order chi connectivity index (χ0) is 19.3. The molecule has 0 N–H and O–H groups in total. The third-order valence-corrected chi connectivity index (χ3v) is 6.05. The van der Waals surface area contributed by atoms with Crippen molar-refractivity contribution >= 4 is 50.0 Å². The van der Waals surface area contributed by atoms with E-state index in [0.717, 1.165) is 16.4 Å². The topological polar surface area (TPSA) is 107 Å². The first-order valence-corrected chi connectivity index (χ1v) is 9.97. The van der Waals surface area contributed by atoms with Gasteiger partial charge in [-0.2, -0.15) is 0 Å². The van der Waals surface area contributed by atoms with E-state index in [4.69, 9.17) is 4.74 Å². The number of nitro groups is 1. The normalized spacial score (nSPS) is 11.0. The summed E-state index contributed by atoms with van der Waals surface area (Å²) in [5.41, 5.74) is -0.327. The first-order chi connectivity index (χ1) is 12.3. The highest BCUT2D eigenvalue weighted by Gasteiger charge is 2.34. The summed E-state index contributed by atoms with van der Waals surface area (Å²) in [5.74, 6) is -0.755. The van der Waals surface area contributed by atoms with Crippen LogP contribution in [-0.4, -0.2) is 32.5 Å². The van der Waals surface area contributed by atoms with Crippen molar-refractivity contribution in [2.75, 3.05) is 17.5 Å². The maximum Gasteiger partial charge on any atom is 0.326 e. The summed E-state index contributed by atoms with van der Waals surface area (Å²) in [4.78, 5) is 22.0. The lowest BCUT2D eigenvalue weighted by Crippen LogP contribution is -2.37. The molecule has 2 rings (SSSR count). The predicted molar refractivity (Wildman–Crippen MR) is 103 cm³/mol. The highest BCUT2D eigenvalue weighted by Crippen LogP contribution is 2.32. The maximum atomic E-state index is 13.2. The molecule has 8 nitrogen and oxygen atoms in total. The molecule has 0 radical (unpaired) electrons. The van der Waals surface area contributed by atoms with Crippen LogP contribution < -0.4 is 4.31 Å². The number of rotatable bonds is 7. The van der Waals surface area contributed by atoms with Crippen molar-refractivity contribution < 1.29 is 22.9 Å². The molecule has 0 spiro atoms. The highest BCUT2D eigenvalue weighted by atomic mass is 127. The molecule has 0 aliphatic rings. The monoisotopic (exact) mass is 490 g/mol. The average Bonchev–Trinajstić information content (AvgIpc) is 2.60.